The first-order chi connectivity index (χ1) is 16.0. The van der Waals surface area contributed by atoms with Crippen LogP contribution < -0.4 is 4.98 Å². The minimum atomic E-state index is -4.82. The van der Waals surface area contributed by atoms with Gasteiger partial charge in [-0.05, 0) is 37.7 Å². The summed E-state index contributed by atoms with van der Waals surface area (Å²) in [6.07, 6.45) is -4.82. The Morgan fingerprint density at radius 2 is 1.51 bits per heavy atom. The molecule has 0 bridgehead atoms. The number of alkyl halides is 3. The SMILES string of the molecule is [C-]#[N+]c1nc(C(F)(F)F)c(-c2cccc(C(C)(C)c3cccc(-c4[c-]cc(F)nc4F)n3)n2)[n-]1.[Pt+2]. The van der Waals surface area contributed by atoms with Gasteiger partial charge in [0.25, 0.3) is 0 Å². The smallest absolute Gasteiger partial charge is 0.535 e. The fourth-order valence-corrected chi connectivity index (χ4v) is 3.28. The van der Waals surface area contributed by atoms with E-state index in [0.717, 1.165) is 6.07 Å². The molecule has 0 aliphatic carbocycles. The molecule has 0 aromatic carbocycles. The fraction of sp³-hybridized carbons (Fsp3) is 0.174. The van der Waals surface area contributed by atoms with Crippen LogP contribution in [-0.2, 0) is 32.7 Å². The Morgan fingerprint density at radius 1 is 0.914 bits per heavy atom. The van der Waals surface area contributed by atoms with Crippen LogP contribution in [0.5, 0.6) is 0 Å². The second-order valence-electron chi connectivity index (χ2n) is 7.66. The number of nitrogens with zero attached hydrogens (tertiary/aromatic N) is 6. The molecule has 4 aromatic rings. The van der Waals surface area contributed by atoms with E-state index in [1.54, 1.807) is 32.0 Å². The summed E-state index contributed by atoms with van der Waals surface area (Å²) in [5.74, 6) is -2.73. The average molecular weight is 663 g/mol. The number of imidazole rings is 1. The third kappa shape index (κ3) is 5.12. The quantitative estimate of drug-likeness (QED) is 0.163. The normalized spacial score (nSPS) is 11.6. The Morgan fingerprint density at radius 3 is 2.09 bits per heavy atom. The first kappa shape index (κ1) is 26.1. The summed E-state index contributed by atoms with van der Waals surface area (Å²) in [5, 5.41) is 0. The zero-order valence-electron chi connectivity index (χ0n) is 17.9. The number of pyridine rings is 3. The largest absolute Gasteiger partial charge is 2.00 e. The van der Waals surface area contributed by atoms with Crippen molar-refractivity contribution in [2.24, 2.45) is 0 Å². The van der Waals surface area contributed by atoms with Gasteiger partial charge in [-0.15, -0.1) is 6.07 Å². The van der Waals surface area contributed by atoms with Crippen molar-refractivity contribution < 1.29 is 43.0 Å². The molecule has 0 unspecified atom stereocenters. The molecule has 0 aliphatic rings. The van der Waals surface area contributed by atoms with E-state index in [-0.39, 0.29) is 38.0 Å². The summed E-state index contributed by atoms with van der Waals surface area (Å²) in [7, 11) is 0. The van der Waals surface area contributed by atoms with Crippen molar-refractivity contribution in [2.75, 3.05) is 0 Å². The van der Waals surface area contributed by atoms with E-state index in [1.807, 2.05) is 0 Å². The second kappa shape index (κ2) is 9.62. The molecule has 0 fully saturated rings. The third-order valence-corrected chi connectivity index (χ3v) is 5.04. The Kier molecular flexibility index (Phi) is 7.18. The van der Waals surface area contributed by atoms with Crippen molar-refractivity contribution >= 4 is 5.95 Å². The van der Waals surface area contributed by atoms with Crippen LogP contribution in [0, 0.1) is 24.5 Å². The van der Waals surface area contributed by atoms with Crippen molar-refractivity contribution in [3.8, 4) is 22.6 Å². The van der Waals surface area contributed by atoms with Crippen LogP contribution in [0.15, 0.2) is 42.5 Å². The predicted octanol–water partition coefficient (Wildman–Crippen LogP) is 5.53. The van der Waals surface area contributed by atoms with E-state index in [9.17, 15) is 22.0 Å². The third-order valence-electron chi connectivity index (χ3n) is 5.04. The number of halogens is 5. The topological polar surface area (TPSA) is 70.0 Å². The molecule has 35 heavy (non-hydrogen) atoms. The van der Waals surface area contributed by atoms with Gasteiger partial charge in [0, 0.05) is 11.1 Å². The standard InChI is InChI=1S/C23H13F5N6.Pt/c1-22(2,15-8-4-6-13(30-15)12-10-11-17(24)32-20(12)25)16-9-5-7-14(31-16)18-19(23(26,27)28)34-21(29-3)33-18;/h4-9,11H,1-2H3;/q-2;+2. The Labute approximate surface area is 210 Å². The van der Waals surface area contributed by atoms with Crippen LogP contribution in [0.2, 0.25) is 0 Å². The minimum absolute atomic E-state index is 0. The van der Waals surface area contributed by atoms with Gasteiger partial charge in [0.05, 0.1) is 11.4 Å². The summed E-state index contributed by atoms with van der Waals surface area (Å²) in [5.41, 5.74) is -2.13. The van der Waals surface area contributed by atoms with E-state index >= 15 is 0 Å². The van der Waals surface area contributed by atoms with Crippen LogP contribution in [-0.4, -0.2) is 19.9 Å². The summed E-state index contributed by atoms with van der Waals surface area (Å²) < 4.78 is 67.6. The summed E-state index contributed by atoms with van der Waals surface area (Å²) in [4.78, 5) is 21.8. The van der Waals surface area contributed by atoms with E-state index in [4.69, 9.17) is 6.57 Å². The van der Waals surface area contributed by atoms with Crippen molar-refractivity contribution in [3.63, 3.8) is 0 Å². The van der Waals surface area contributed by atoms with Crippen molar-refractivity contribution in [1.82, 2.24) is 24.9 Å². The zero-order valence-corrected chi connectivity index (χ0v) is 20.2. The molecule has 6 nitrogen and oxygen atoms in total. The maximum atomic E-state index is 14.1. The Hall–Kier alpha value is -3.51. The molecule has 0 saturated carbocycles. The van der Waals surface area contributed by atoms with Crippen LogP contribution >= 0.6 is 0 Å². The number of hydrogen-bond donors (Lipinski definition) is 0. The molecule has 0 N–H and O–H groups in total. The second-order valence-corrected chi connectivity index (χ2v) is 7.66. The Balaban J connectivity index is 0.00000342. The molecule has 4 heterocycles. The molecule has 180 valence electrons. The molecule has 0 spiro atoms. The number of aromatic nitrogens is 5. The van der Waals surface area contributed by atoms with Crippen LogP contribution in [0.1, 0.15) is 30.9 Å². The van der Waals surface area contributed by atoms with Crippen LogP contribution in [0.3, 0.4) is 0 Å². The van der Waals surface area contributed by atoms with Gasteiger partial charge >= 0.3 is 27.2 Å². The maximum absolute atomic E-state index is 14.1. The van der Waals surface area contributed by atoms with Crippen LogP contribution in [0.25, 0.3) is 27.5 Å². The molecule has 4 aromatic heterocycles. The van der Waals surface area contributed by atoms with Crippen molar-refractivity contribution in [3.05, 3.63) is 88.9 Å². The van der Waals surface area contributed by atoms with Gasteiger partial charge < -0.3 is 9.83 Å². The molecule has 12 heteroatoms. The molecule has 0 amide bonds. The fourth-order valence-electron chi connectivity index (χ4n) is 3.28. The van der Waals surface area contributed by atoms with E-state index < -0.39 is 40.8 Å². The minimum Gasteiger partial charge on any atom is -0.535 e. The summed E-state index contributed by atoms with van der Waals surface area (Å²) in [6, 6.07) is 12.5. The molecular weight excluding hydrogens is 650 g/mol. The van der Waals surface area contributed by atoms with Gasteiger partial charge in [-0.3, -0.25) is 19.9 Å². The Bertz CT molecular complexity index is 1420. The maximum Gasteiger partial charge on any atom is 2.00 e. The van der Waals surface area contributed by atoms with Gasteiger partial charge in [0.15, 0.2) is 5.69 Å². The molecule has 4 rings (SSSR count). The van der Waals surface area contributed by atoms with Crippen molar-refractivity contribution in [1.29, 1.82) is 0 Å². The molecular formula is C23H13F5N6Pt. The first-order valence-electron chi connectivity index (χ1n) is 9.69. The summed E-state index contributed by atoms with van der Waals surface area (Å²) >= 11 is 0. The monoisotopic (exact) mass is 663 g/mol. The van der Waals surface area contributed by atoms with Gasteiger partial charge in [-0.1, -0.05) is 29.8 Å². The number of rotatable bonds is 4. The first-order valence-corrected chi connectivity index (χ1v) is 9.69. The van der Waals surface area contributed by atoms with Crippen molar-refractivity contribution in [2.45, 2.75) is 25.4 Å². The average Bonchev–Trinajstić information content (AvgIpc) is 3.25. The van der Waals surface area contributed by atoms with Gasteiger partial charge in [-0.2, -0.15) is 13.2 Å². The van der Waals surface area contributed by atoms with Gasteiger partial charge in [0.2, 0.25) is 0 Å². The zero-order chi connectivity index (χ0) is 24.7. The van der Waals surface area contributed by atoms with E-state index in [0.29, 0.717) is 11.4 Å². The van der Waals surface area contributed by atoms with E-state index in [2.05, 4.69) is 35.8 Å². The molecule has 0 atom stereocenters. The molecule has 0 aliphatic heterocycles. The molecule has 0 radical (unpaired) electrons. The number of hydrogen-bond acceptors (Lipinski definition) is 4. The summed E-state index contributed by atoms with van der Waals surface area (Å²) in [6.45, 7) is 10.4. The van der Waals surface area contributed by atoms with E-state index in [1.165, 1.54) is 18.2 Å². The van der Waals surface area contributed by atoms with Crippen LogP contribution in [0.4, 0.5) is 27.9 Å². The predicted molar refractivity (Wildman–Crippen MR) is 110 cm³/mol. The molecule has 0 saturated heterocycles. The van der Waals surface area contributed by atoms with Gasteiger partial charge in [-0.25, -0.2) is 15.4 Å². The van der Waals surface area contributed by atoms with Gasteiger partial charge in [0.1, 0.15) is 23.5 Å².